The van der Waals surface area contributed by atoms with Crippen LogP contribution in [0.5, 0.6) is 17.2 Å². The van der Waals surface area contributed by atoms with Crippen LogP contribution in [0.25, 0.3) is 11.3 Å². The molecule has 0 aliphatic heterocycles. The highest BCUT2D eigenvalue weighted by atomic mass is 35.5. The Kier molecular flexibility index (Phi) is 6.16. The van der Waals surface area contributed by atoms with Gasteiger partial charge in [0.15, 0.2) is 11.5 Å². The minimum atomic E-state index is 0.431. The Labute approximate surface area is 166 Å². The molecule has 1 heterocycles. The molecule has 0 atom stereocenters. The third kappa shape index (κ3) is 4.32. The lowest BCUT2D eigenvalue weighted by molar-refractivity contribution is 0.355. The number of thiazole rings is 1. The first kappa shape index (κ1) is 19.0. The summed E-state index contributed by atoms with van der Waals surface area (Å²) in [6, 6.07) is 11.3. The van der Waals surface area contributed by atoms with Crippen LogP contribution in [0.3, 0.4) is 0 Å². The molecule has 0 radical (unpaired) electrons. The number of ether oxygens (including phenoxy) is 3. The maximum Gasteiger partial charge on any atom is 0.203 e. The van der Waals surface area contributed by atoms with Crippen molar-refractivity contribution in [3.05, 3.63) is 52.4 Å². The number of nitrogens with zero attached hydrogens (tertiary/aromatic N) is 2. The molecule has 1 N–H and O–H groups in total. The van der Waals surface area contributed by atoms with Crippen molar-refractivity contribution >= 4 is 34.3 Å². The number of hydrogen-bond donors (Lipinski definition) is 1. The molecular weight excluding hydrogens is 386 g/mol. The van der Waals surface area contributed by atoms with Gasteiger partial charge in [-0.05, 0) is 36.4 Å². The Morgan fingerprint density at radius 3 is 2.48 bits per heavy atom. The SMILES string of the molecule is COc1ccc(-c2csc(N/N=C\c3ccc(OC)c(OC)c3Cl)n2)cc1. The van der Waals surface area contributed by atoms with Gasteiger partial charge in [-0.2, -0.15) is 5.10 Å². The van der Waals surface area contributed by atoms with Crippen LogP contribution in [-0.4, -0.2) is 32.5 Å². The lowest BCUT2D eigenvalue weighted by Gasteiger charge is -2.10. The Morgan fingerprint density at radius 2 is 1.81 bits per heavy atom. The average Bonchev–Trinajstić information content (AvgIpc) is 3.18. The van der Waals surface area contributed by atoms with E-state index in [9.17, 15) is 0 Å². The summed E-state index contributed by atoms with van der Waals surface area (Å²) in [5.74, 6) is 1.85. The van der Waals surface area contributed by atoms with E-state index in [1.54, 1.807) is 39.7 Å². The number of methoxy groups -OCH3 is 3. The van der Waals surface area contributed by atoms with E-state index in [-0.39, 0.29) is 0 Å². The molecule has 1 aromatic heterocycles. The molecule has 0 aliphatic carbocycles. The predicted molar refractivity (Wildman–Crippen MR) is 110 cm³/mol. The first-order chi connectivity index (χ1) is 13.2. The third-order valence-electron chi connectivity index (χ3n) is 3.77. The molecule has 27 heavy (non-hydrogen) atoms. The second kappa shape index (κ2) is 8.75. The fourth-order valence-electron chi connectivity index (χ4n) is 2.38. The fourth-order valence-corrected chi connectivity index (χ4v) is 3.33. The van der Waals surface area contributed by atoms with Crippen molar-refractivity contribution in [3.63, 3.8) is 0 Å². The van der Waals surface area contributed by atoms with Crippen molar-refractivity contribution < 1.29 is 14.2 Å². The van der Waals surface area contributed by atoms with Gasteiger partial charge in [0.05, 0.1) is 38.3 Å². The summed E-state index contributed by atoms with van der Waals surface area (Å²) in [6.07, 6.45) is 1.61. The van der Waals surface area contributed by atoms with Crippen LogP contribution in [0, 0.1) is 0 Å². The molecule has 3 rings (SSSR count). The van der Waals surface area contributed by atoms with Gasteiger partial charge in [0, 0.05) is 16.5 Å². The highest BCUT2D eigenvalue weighted by Gasteiger charge is 2.12. The third-order valence-corrected chi connectivity index (χ3v) is 4.91. The van der Waals surface area contributed by atoms with Crippen LogP contribution in [0.1, 0.15) is 5.56 Å². The predicted octanol–water partition coefficient (Wildman–Crippen LogP) is 4.94. The maximum absolute atomic E-state index is 6.34. The second-order valence-corrected chi connectivity index (χ2v) is 6.58. The van der Waals surface area contributed by atoms with Crippen molar-refractivity contribution in [3.8, 4) is 28.5 Å². The fraction of sp³-hybridized carbons (Fsp3) is 0.158. The first-order valence-electron chi connectivity index (χ1n) is 7.95. The van der Waals surface area contributed by atoms with Gasteiger partial charge in [-0.1, -0.05) is 11.6 Å². The van der Waals surface area contributed by atoms with Crippen LogP contribution in [0.15, 0.2) is 46.9 Å². The van der Waals surface area contributed by atoms with E-state index in [4.69, 9.17) is 25.8 Å². The molecule has 0 spiro atoms. The molecule has 0 fully saturated rings. The largest absolute Gasteiger partial charge is 0.497 e. The molecule has 8 heteroatoms. The van der Waals surface area contributed by atoms with Gasteiger partial charge >= 0.3 is 0 Å². The molecule has 2 aromatic carbocycles. The number of benzene rings is 2. The topological polar surface area (TPSA) is 65.0 Å². The van der Waals surface area contributed by atoms with Crippen molar-refractivity contribution in [1.82, 2.24) is 4.98 Å². The van der Waals surface area contributed by atoms with Gasteiger partial charge < -0.3 is 14.2 Å². The van der Waals surface area contributed by atoms with Crippen LogP contribution in [-0.2, 0) is 0 Å². The van der Waals surface area contributed by atoms with Crippen molar-refractivity contribution in [2.24, 2.45) is 5.10 Å². The van der Waals surface area contributed by atoms with Gasteiger partial charge in [0.1, 0.15) is 5.75 Å². The van der Waals surface area contributed by atoms with Crippen molar-refractivity contribution in [1.29, 1.82) is 0 Å². The molecular formula is C19H18ClN3O3S. The van der Waals surface area contributed by atoms with E-state index in [0.717, 1.165) is 17.0 Å². The average molecular weight is 404 g/mol. The normalized spacial score (nSPS) is 10.8. The Morgan fingerprint density at radius 1 is 1.04 bits per heavy atom. The van der Waals surface area contributed by atoms with Gasteiger partial charge in [-0.15, -0.1) is 11.3 Å². The minimum Gasteiger partial charge on any atom is -0.497 e. The maximum atomic E-state index is 6.34. The number of aromatic nitrogens is 1. The quantitative estimate of drug-likeness (QED) is 0.447. The number of anilines is 1. The zero-order valence-corrected chi connectivity index (χ0v) is 16.6. The molecule has 3 aromatic rings. The summed E-state index contributed by atoms with van der Waals surface area (Å²) >= 11 is 7.80. The van der Waals surface area contributed by atoms with E-state index in [2.05, 4.69) is 15.5 Å². The summed E-state index contributed by atoms with van der Waals surface area (Å²) < 4.78 is 15.7. The molecule has 6 nitrogen and oxygen atoms in total. The Bertz CT molecular complexity index is 942. The summed E-state index contributed by atoms with van der Waals surface area (Å²) in [5.41, 5.74) is 5.49. The number of halogens is 1. The lowest BCUT2D eigenvalue weighted by atomic mass is 10.2. The molecule has 0 bridgehead atoms. The van der Waals surface area contributed by atoms with Crippen LogP contribution >= 0.6 is 22.9 Å². The molecule has 0 amide bonds. The number of hydrazone groups is 1. The highest BCUT2D eigenvalue weighted by molar-refractivity contribution is 7.14. The van der Waals surface area contributed by atoms with E-state index in [1.165, 1.54) is 11.3 Å². The van der Waals surface area contributed by atoms with Gasteiger partial charge in [-0.3, -0.25) is 5.43 Å². The smallest absolute Gasteiger partial charge is 0.203 e. The number of hydrogen-bond acceptors (Lipinski definition) is 7. The first-order valence-corrected chi connectivity index (χ1v) is 9.21. The number of rotatable bonds is 7. The summed E-state index contributed by atoms with van der Waals surface area (Å²) in [4.78, 5) is 4.53. The van der Waals surface area contributed by atoms with Crippen LogP contribution in [0.4, 0.5) is 5.13 Å². The summed E-state index contributed by atoms with van der Waals surface area (Å²) in [5, 5.41) is 7.28. The van der Waals surface area contributed by atoms with Crippen molar-refractivity contribution in [2.75, 3.05) is 26.8 Å². The zero-order chi connectivity index (χ0) is 19.2. The van der Waals surface area contributed by atoms with Gasteiger partial charge in [-0.25, -0.2) is 4.98 Å². The van der Waals surface area contributed by atoms with Crippen molar-refractivity contribution in [2.45, 2.75) is 0 Å². The molecule has 0 saturated heterocycles. The van der Waals surface area contributed by atoms with Crippen LogP contribution < -0.4 is 19.6 Å². The minimum absolute atomic E-state index is 0.431. The highest BCUT2D eigenvalue weighted by Crippen LogP contribution is 2.36. The van der Waals surface area contributed by atoms with E-state index in [1.807, 2.05) is 29.6 Å². The summed E-state index contributed by atoms with van der Waals surface area (Å²) in [7, 11) is 4.74. The molecule has 140 valence electrons. The molecule has 0 unspecified atom stereocenters. The zero-order valence-electron chi connectivity index (χ0n) is 15.0. The second-order valence-electron chi connectivity index (χ2n) is 5.34. The summed E-state index contributed by atoms with van der Waals surface area (Å²) in [6.45, 7) is 0. The van der Waals surface area contributed by atoms with E-state index in [0.29, 0.717) is 27.2 Å². The Hall–Kier alpha value is -2.77. The van der Waals surface area contributed by atoms with E-state index >= 15 is 0 Å². The van der Waals surface area contributed by atoms with Crippen LogP contribution in [0.2, 0.25) is 5.02 Å². The Balaban J connectivity index is 1.71. The van der Waals surface area contributed by atoms with Gasteiger partial charge in [0.25, 0.3) is 0 Å². The monoisotopic (exact) mass is 403 g/mol. The lowest BCUT2D eigenvalue weighted by Crippen LogP contribution is -1.96. The molecule has 0 aliphatic rings. The molecule has 0 saturated carbocycles. The van der Waals surface area contributed by atoms with Gasteiger partial charge in [0.2, 0.25) is 5.13 Å². The number of nitrogens with one attached hydrogen (secondary N) is 1. The standard InChI is InChI=1S/C19H18ClN3O3S/c1-24-14-7-4-12(5-8-14)15-11-27-19(22-15)23-21-10-13-6-9-16(25-2)18(26-3)17(13)20/h4-11H,1-3H3,(H,22,23)/b21-10-. The van der Waals surface area contributed by atoms with E-state index < -0.39 is 0 Å².